The van der Waals surface area contributed by atoms with Gasteiger partial charge in [-0.2, -0.15) is 0 Å². The molecule has 0 unspecified atom stereocenters. The number of methoxy groups -OCH3 is 1. The van der Waals surface area contributed by atoms with Crippen LogP contribution in [0.1, 0.15) is 15.9 Å². The number of sulfonamides is 1. The Morgan fingerprint density at radius 1 is 1.03 bits per heavy atom. The lowest BCUT2D eigenvalue weighted by molar-refractivity contribution is 0.0785. The molecule has 0 spiro atoms. The number of nitrogens with one attached hydrogen (secondary N) is 1. The van der Waals surface area contributed by atoms with Gasteiger partial charge in [0.15, 0.2) is 0 Å². The maximum atomic E-state index is 12.7. The van der Waals surface area contributed by atoms with Gasteiger partial charge in [0.05, 0.1) is 28.3 Å². The number of hydrogen-bond donors (Lipinski definition) is 1. The largest absolute Gasteiger partial charge is 0.497 e. The van der Waals surface area contributed by atoms with E-state index in [0.717, 1.165) is 5.56 Å². The number of carbonyl (C=O) groups is 1. The van der Waals surface area contributed by atoms with Gasteiger partial charge in [0.2, 0.25) is 0 Å². The Kier molecular flexibility index (Phi) is 6.64. The van der Waals surface area contributed by atoms with Crippen LogP contribution in [0.5, 0.6) is 5.75 Å². The molecule has 156 valence electrons. The molecule has 0 bridgehead atoms. The Morgan fingerprint density at radius 2 is 1.70 bits per heavy atom. The molecule has 0 saturated heterocycles. The highest BCUT2D eigenvalue weighted by molar-refractivity contribution is 7.92. The third-order valence-corrected chi connectivity index (χ3v) is 6.14. The second-order valence-electron chi connectivity index (χ2n) is 6.62. The van der Waals surface area contributed by atoms with Gasteiger partial charge in [-0.15, -0.1) is 0 Å². The lowest BCUT2D eigenvalue weighted by Crippen LogP contribution is -2.26. The summed E-state index contributed by atoms with van der Waals surface area (Å²) < 4.78 is 32.7. The molecule has 8 heteroatoms. The standard InChI is InChI=1S/C22H21ClN2O4S/c1-25(15-16-6-4-3-5-7-16)22(26)20-13-8-17(14-21(20)23)24-30(27,28)19-11-9-18(29-2)10-12-19/h3-14,24H,15H2,1-2H3. The normalized spacial score (nSPS) is 11.0. The molecule has 3 aromatic carbocycles. The Labute approximate surface area is 181 Å². The van der Waals surface area contributed by atoms with Crippen LogP contribution in [-0.4, -0.2) is 33.4 Å². The summed E-state index contributed by atoms with van der Waals surface area (Å²) in [5.74, 6) is 0.299. The molecule has 1 amide bonds. The zero-order valence-electron chi connectivity index (χ0n) is 16.5. The van der Waals surface area contributed by atoms with Gasteiger partial charge in [-0.25, -0.2) is 8.42 Å². The van der Waals surface area contributed by atoms with Crippen molar-refractivity contribution in [3.05, 3.63) is 88.9 Å². The van der Waals surface area contributed by atoms with E-state index in [2.05, 4.69) is 4.72 Å². The molecule has 0 aliphatic carbocycles. The van der Waals surface area contributed by atoms with E-state index in [0.29, 0.717) is 17.9 Å². The number of amides is 1. The molecule has 0 aromatic heterocycles. The SMILES string of the molecule is COc1ccc(S(=O)(=O)Nc2ccc(C(=O)N(C)Cc3ccccc3)c(Cl)c2)cc1. The second kappa shape index (κ2) is 9.19. The van der Waals surface area contributed by atoms with Gasteiger partial charge >= 0.3 is 0 Å². The van der Waals surface area contributed by atoms with Crippen molar-refractivity contribution < 1.29 is 17.9 Å². The lowest BCUT2D eigenvalue weighted by Gasteiger charge is -2.18. The molecule has 3 aromatic rings. The lowest BCUT2D eigenvalue weighted by atomic mass is 10.1. The van der Waals surface area contributed by atoms with Crippen molar-refractivity contribution >= 4 is 33.2 Å². The molecule has 0 fully saturated rings. The molecular formula is C22H21ClN2O4S. The molecule has 6 nitrogen and oxygen atoms in total. The fourth-order valence-electron chi connectivity index (χ4n) is 2.86. The molecular weight excluding hydrogens is 424 g/mol. The zero-order chi connectivity index (χ0) is 21.7. The monoisotopic (exact) mass is 444 g/mol. The van der Waals surface area contributed by atoms with Crippen LogP contribution in [0.25, 0.3) is 0 Å². The van der Waals surface area contributed by atoms with Crippen molar-refractivity contribution in [2.45, 2.75) is 11.4 Å². The van der Waals surface area contributed by atoms with Gasteiger partial charge in [0.25, 0.3) is 15.9 Å². The summed E-state index contributed by atoms with van der Waals surface area (Å²) in [6.45, 7) is 0.432. The summed E-state index contributed by atoms with van der Waals surface area (Å²) >= 11 is 6.29. The Bertz CT molecular complexity index is 1130. The number of hydrogen-bond acceptors (Lipinski definition) is 4. The van der Waals surface area contributed by atoms with Crippen LogP contribution < -0.4 is 9.46 Å². The summed E-state index contributed by atoms with van der Waals surface area (Å²) in [5, 5.41) is 0.162. The fourth-order valence-corrected chi connectivity index (χ4v) is 4.17. The van der Waals surface area contributed by atoms with Crippen LogP contribution in [0.15, 0.2) is 77.7 Å². The van der Waals surface area contributed by atoms with Crippen LogP contribution in [0.4, 0.5) is 5.69 Å². The number of benzene rings is 3. The second-order valence-corrected chi connectivity index (χ2v) is 8.71. The van der Waals surface area contributed by atoms with Crippen LogP contribution >= 0.6 is 11.6 Å². The van der Waals surface area contributed by atoms with Crippen molar-refractivity contribution in [1.82, 2.24) is 4.90 Å². The van der Waals surface area contributed by atoms with Crippen molar-refractivity contribution in [3.8, 4) is 5.75 Å². The molecule has 0 aliphatic rings. The number of rotatable bonds is 7. The highest BCUT2D eigenvalue weighted by atomic mass is 35.5. The fraction of sp³-hybridized carbons (Fsp3) is 0.136. The van der Waals surface area contributed by atoms with Crippen molar-refractivity contribution in [3.63, 3.8) is 0 Å². The van der Waals surface area contributed by atoms with Gasteiger partial charge in [-0.1, -0.05) is 41.9 Å². The number of ether oxygens (including phenoxy) is 1. The first-order chi connectivity index (χ1) is 14.3. The summed E-state index contributed by atoms with van der Waals surface area (Å²) in [6.07, 6.45) is 0. The molecule has 3 rings (SSSR count). The molecule has 0 saturated carbocycles. The summed E-state index contributed by atoms with van der Waals surface area (Å²) in [7, 11) is -0.614. The van der Waals surface area contributed by atoms with Crippen molar-refractivity contribution in [2.75, 3.05) is 18.9 Å². The molecule has 0 atom stereocenters. The maximum Gasteiger partial charge on any atom is 0.261 e. The van der Waals surface area contributed by atoms with E-state index in [1.165, 1.54) is 37.4 Å². The van der Waals surface area contributed by atoms with E-state index < -0.39 is 10.0 Å². The van der Waals surface area contributed by atoms with Gasteiger partial charge in [0, 0.05) is 13.6 Å². The molecule has 0 heterocycles. The molecule has 30 heavy (non-hydrogen) atoms. The van der Waals surface area contributed by atoms with E-state index in [1.807, 2.05) is 30.3 Å². The first-order valence-electron chi connectivity index (χ1n) is 9.06. The first-order valence-corrected chi connectivity index (χ1v) is 10.9. The number of nitrogens with zero attached hydrogens (tertiary/aromatic N) is 1. The van der Waals surface area contributed by atoms with Gasteiger partial charge in [-0.3, -0.25) is 9.52 Å². The maximum absolute atomic E-state index is 12.7. The van der Waals surface area contributed by atoms with Crippen LogP contribution in [0, 0.1) is 0 Å². The van der Waals surface area contributed by atoms with E-state index in [9.17, 15) is 13.2 Å². The third kappa shape index (κ3) is 5.11. The Hall–Kier alpha value is -3.03. The average molecular weight is 445 g/mol. The summed E-state index contributed by atoms with van der Waals surface area (Å²) in [4.78, 5) is 14.4. The highest BCUT2D eigenvalue weighted by Gasteiger charge is 2.18. The van der Waals surface area contributed by atoms with Crippen molar-refractivity contribution in [2.24, 2.45) is 0 Å². The predicted molar refractivity (Wildman–Crippen MR) is 117 cm³/mol. The Morgan fingerprint density at radius 3 is 2.30 bits per heavy atom. The quantitative estimate of drug-likeness (QED) is 0.585. The average Bonchev–Trinajstić information content (AvgIpc) is 2.74. The predicted octanol–water partition coefficient (Wildman–Crippen LogP) is 4.42. The van der Waals surface area contributed by atoms with E-state index in [-0.39, 0.29) is 21.5 Å². The first kappa shape index (κ1) is 21.7. The minimum absolute atomic E-state index is 0.0853. The topological polar surface area (TPSA) is 75.7 Å². The van der Waals surface area contributed by atoms with Crippen LogP contribution in [-0.2, 0) is 16.6 Å². The minimum Gasteiger partial charge on any atom is -0.497 e. The zero-order valence-corrected chi connectivity index (χ0v) is 18.1. The van der Waals surface area contributed by atoms with Gasteiger partial charge in [-0.05, 0) is 48.0 Å². The van der Waals surface area contributed by atoms with Crippen molar-refractivity contribution in [1.29, 1.82) is 0 Å². The van der Waals surface area contributed by atoms with E-state index in [1.54, 1.807) is 24.1 Å². The minimum atomic E-state index is -3.80. The molecule has 0 radical (unpaired) electrons. The summed E-state index contributed by atoms with van der Waals surface area (Å²) in [6, 6.07) is 20.0. The van der Waals surface area contributed by atoms with Gasteiger partial charge < -0.3 is 9.64 Å². The number of anilines is 1. The number of carbonyl (C=O) groups excluding carboxylic acids is 1. The molecule has 1 N–H and O–H groups in total. The Balaban J connectivity index is 1.74. The number of halogens is 1. The van der Waals surface area contributed by atoms with Crippen LogP contribution in [0.3, 0.4) is 0 Å². The van der Waals surface area contributed by atoms with E-state index >= 15 is 0 Å². The van der Waals surface area contributed by atoms with E-state index in [4.69, 9.17) is 16.3 Å². The van der Waals surface area contributed by atoms with Crippen LogP contribution in [0.2, 0.25) is 5.02 Å². The summed E-state index contributed by atoms with van der Waals surface area (Å²) in [5.41, 5.74) is 1.55. The molecule has 0 aliphatic heterocycles. The third-order valence-electron chi connectivity index (χ3n) is 4.43. The smallest absolute Gasteiger partial charge is 0.261 e. The highest BCUT2D eigenvalue weighted by Crippen LogP contribution is 2.25. The van der Waals surface area contributed by atoms with Gasteiger partial charge in [0.1, 0.15) is 5.75 Å².